The molecule has 1 saturated carbocycles. The predicted octanol–water partition coefficient (Wildman–Crippen LogP) is 3.91. The van der Waals surface area contributed by atoms with Crippen LogP contribution in [0.5, 0.6) is 0 Å². The first-order valence-electron chi connectivity index (χ1n) is 10.5. The summed E-state index contributed by atoms with van der Waals surface area (Å²) >= 11 is 23.7. The van der Waals surface area contributed by atoms with Crippen LogP contribution in [0.1, 0.15) is 70.6 Å². The number of fused-ring (bicyclic) bond motifs is 2. The average Bonchev–Trinajstić information content (AvgIpc) is 2.98. The van der Waals surface area contributed by atoms with Crippen molar-refractivity contribution < 1.29 is 4.79 Å². The van der Waals surface area contributed by atoms with Crippen molar-refractivity contribution in [2.45, 2.75) is 98.7 Å². The highest BCUT2D eigenvalue weighted by Crippen LogP contribution is 2.30. The van der Waals surface area contributed by atoms with Gasteiger partial charge in [-0.3, -0.25) is 4.79 Å². The molecule has 3 atom stereocenters. The topological polar surface area (TPSA) is 65.2 Å². The quantitative estimate of drug-likeness (QED) is 0.270. The highest BCUT2D eigenvalue weighted by molar-refractivity contribution is 7.80. The molecule has 0 aromatic rings. The molecule has 3 aliphatic rings. The van der Waals surface area contributed by atoms with E-state index in [-0.39, 0.29) is 5.91 Å². The summed E-state index contributed by atoms with van der Waals surface area (Å²) in [6.07, 6.45) is 11.2. The fourth-order valence-electron chi connectivity index (χ4n) is 4.78. The van der Waals surface area contributed by atoms with Crippen LogP contribution in [0.3, 0.4) is 0 Å². The normalized spacial score (nSPS) is 29.2. The van der Waals surface area contributed by atoms with Crippen molar-refractivity contribution in [2.24, 2.45) is 5.92 Å². The standard InChI is InChI=1S/C19H31Cl3N4OS/c20-19(21,22)17(25-16(27)9-6-12-4-2-1-3-5-12)26-18(28)24-15-10-13-7-8-14(11-15)23-13/h12-15,17,23H,1-11H2,(H,25,27)(H2,24,26,28). The zero-order valence-corrected chi connectivity index (χ0v) is 19.2. The smallest absolute Gasteiger partial charge is 0.228 e. The van der Waals surface area contributed by atoms with Gasteiger partial charge in [-0.25, -0.2) is 0 Å². The van der Waals surface area contributed by atoms with Crippen molar-refractivity contribution in [3.8, 4) is 0 Å². The Hall–Kier alpha value is -0.0100. The number of halogens is 3. The molecule has 0 aromatic heterocycles. The molecule has 4 N–H and O–H groups in total. The molecule has 1 amide bonds. The summed E-state index contributed by atoms with van der Waals surface area (Å²) in [5.41, 5.74) is 0. The van der Waals surface area contributed by atoms with Crippen LogP contribution < -0.4 is 21.3 Å². The number of carbonyl (C=O) groups is 1. The maximum atomic E-state index is 12.4. The lowest BCUT2D eigenvalue weighted by Crippen LogP contribution is -2.59. The Balaban J connectivity index is 1.44. The van der Waals surface area contributed by atoms with Gasteiger partial charge in [0.25, 0.3) is 0 Å². The third kappa shape index (κ3) is 7.05. The molecule has 3 fully saturated rings. The number of hydrogen-bond donors (Lipinski definition) is 4. The van der Waals surface area contributed by atoms with Crippen LogP contribution in [-0.2, 0) is 4.79 Å². The van der Waals surface area contributed by atoms with E-state index >= 15 is 0 Å². The van der Waals surface area contributed by atoms with Gasteiger partial charge in [-0.2, -0.15) is 0 Å². The Labute approximate surface area is 188 Å². The number of amides is 1. The van der Waals surface area contributed by atoms with Crippen LogP contribution in [0, 0.1) is 5.92 Å². The van der Waals surface area contributed by atoms with Gasteiger partial charge in [-0.05, 0) is 50.2 Å². The molecule has 160 valence electrons. The van der Waals surface area contributed by atoms with Gasteiger partial charge in [0.2, 0.25) is 9.70 Å². The molecule has 3 unspecified atom stereocenters. The number of alkyl halides is 3. The van der Waals surface area contributed by atoms with E-state index in [0.717, 1.165) is 19.3 Å². The first-order valence-corrected chi connectivity index (χ1v) is 12.0. The molecular formula is C19H31Cl3N4OS. The number of hydrogen-bond acceptors (Lipinski definition) is 3. The molecule has 2 aliphatic heterocycles. The molecule has 3 rings (SSSR count). The third-order valence-electron chi connectivity index (χ3n) is 6.22. The van der Waals surface area contributed by atoms with Crippen molar-refractivity contribution in [3.05, 3.63) is 0 Å². The molecule has 2 heterocycles. The van der Waals surface area contributed by atoms with Gasteiger partial charge in [-0.1, -0.05) is 66.9 Å². The second-order valence-corrected chi connectivity index (χ2v) is 11.3. The minimum Gasteiger partial charge on any atom is -0.360 e. The number of rotatable bonds is 6. The van der Waals surface area contributed by atoms with Gasteiger partial charge >= 0.3 is 0 Å². The monoisotopic (exact) mass is 468 g/mol. The van der Waals surface area contributed by atoms with Gasteiger partial charge < -0.3 is 21.3 Å². The van der Waals surface area contributed by atoms with E-state index in [1.807, 2.05) is 0 Å². The summed E-state index contributed by atoms with van der Waals surface area (Å²) in [4.78, 5) is 12.4. The van der Waals surface area contributed by atoms with Crippen molar-refractivity contribution >= 4 is 58.0 Å². The van der Waals surface area contributed by atoms with Gasteiger partial charge in [0, 0.05) is 24.5 Å². The first kappa shape index (κ1) is 22.7. The third-order valence-corrected chi connectivity index (χ3v) is 7.11. The zero-order chi connectivity index (χ0) is 20.1. The van der Waals surface area contributed by atoms with E-state index < -0.39 is 9.96 Å². The van der Waals surface area contributed by atoms with Gasteiger partial charge in [-0.15, -0.1) is 0 Å². The molecule has 28 heavy (non-hydrogen) atoms. The Morgan fingerprint density at radius 3 is 2.29 bits per heavy atom. The van der Waals surface area contributed by atoms with Crippen LogP contribution in [0.15, 0.2) is 0 Å². The van der Waals surface area contributed by atoms with E-state index in [0.29, 0.717) is 35.6 Å². The lowest BCUT2D eigenvalue weighted by molar-refractivity contribution is -0.122. The summed E-state index contributed by atoms with van der Waals surface area (Å²) in [7, 11) is 0. The minimum absolute atomic E-state index is 0.114. The molecule has 5 nitrogen and oxygen atoms in total. The number of piperidine rings is 1. The Bertz CT molecular complexity index is 542. The molecule has 9 heteroatoms. The Kier molecular flexibility index (Phi) is 8.37. The minimum atomic E-state index is -1.70. The maximum absolute atomic E-state index is 12.4. The molecule has 0 aromatic carbocycles. The SMILES string of the molecule is O=C(CCC1CCCCC1)NC(NC(=S)NC1CC2CCC(C1)N2)C(Cl)(Cl)Cl. The fourth-order valence-corrected chi connectivity index (χ4v) is 5.39. The summed E-state index contributed by atoms with van der Waals surface area (Å²) in [5.74, 6) is 0.522. The summed E-state index contributed by atoms with van der Waals surface area (Å²) in [5, 5.41) is 13.2. The largest absolute Gasteiger partial charge is 0.360 e. The van der Waals surface area contributed by atoms with Gasteiger partial charge in [0.15, 0.2) is 5.11 Å². The van der Waals surface area contributed by atoms with Gasteiger partial charge in [0.1, 0.15) is 6.17 Å². The fraction of sp³-hybridized carbons (Fsp3) is 0.895. The van der Waals surface area contributed by atoms with E-state index in [4.69, 9.17) is 47.0 Å². The molecule has 1 aliphatic carbocycles. The predicted molar refractivity (Wildman–Crippen MR) is 120 cm³/mol. The van der Waals surface area contributed by atoms with Crippen molar-refractivity contribution in [1.82, 2.24) is 21.3 Å². The summed E-state index contributed by atoms with van der Waals surface area (Å²) in [6.45, 7) is 0. The van der Waals surface area contributed by atoms with Crippen LogP contribution in [0.25, 0.3) is 0 Å². The number of carbonyl (C=O) groups excluding carboxylic acids is 1. The second-order valence-electron chi connectivity index (χ2n) is 8.51. The Morgan fingerprint density at radius 2 is 1.68 bits per heavy atom. The number of thiocarbonyl (C=S) groups is 1. The maximum Gasteiger partial charge on any atom is 0.228 e. The lowest BCUT2D eigenvalue weighted by atomic mass is 9.86. The molecule has 0 radical (unpaired) electrons. The highest BCUT2D eigenvalue weighted by atomic mass is 35.6. The van der Waals surface area contributed by atoms with E-state index in [1.165, 1.54) is 44.9 Å². The van der Waals surface area contributed by atoms with E-state index in [2.05, 4.69) is 21.3 Å². The Morgan fingerprint density at radius 1 is 1.04 bits per heavy atom. The molecule has 2 bridgehead atoms. The number of nitrogens with one attached hydrogen (secondary N) is 4. The van der Waals surface area contributed by atoms with Crippen LogP contribution >= 0.6 is 47.0 Å². The molecule has 2 saturated heterocycles. The average molecular weight is 470 g/mol. The van der Waals surface area contributed by atoms with Crippen molar-refractivity contribution in [2.75, 3.05) is 0 Å². The van der Waals surface area contributed by atoms with Crippen LogP contribution in [-0.4, -0.2) is 39.1 Å². The van der Waals surface area contributed by atoms with Crippen molar-refractivity contribution in [3.63, 3.8) is 0 Å². The molecular weight excluding hydrogens is 439 g/mol. The highest BCUT2D eigenvalue weighted by Gasteiger charge is 2.36. The zero-order valence-electron chi connectivity index (χ0n) is 16.1. The first-order chi connectivity index (χ1) is 13.3. The summed E-state index contributed by atoms with van der Waals surface area (Å²) in [6, 6.07) is 1.42. The lowest BCUT2D eigenvalue weighted by Gasteiger charge is -2.33. The van der Waals surface area contributed by atoms with E-state index in [9.17, 15) is 4.79 Å². The molecule has 0 spiro atoms. The second kappa shape index (κ2) is 10.3. The van der Waals surface area contributed by atoms with Gasteiger partial charge in [0.05, 0.1) is 0 Å². The van der Waals surface area contributed by atoms with Crippen molar-refractivity contribution in [1.29, 1.82) is 0 Å². The van der Waals surface area contributed by atoms with E-state index in [1.54, 1.807) is 0 Å². The van der Waals surface area contributed by atoms with Crippen LogP contribution in [0.4, 0.5) is 0 Å². The summed E-state index contributed by atoms with van der Waals surface area (Å²) < 4.78 is -1.70. The van der Waals surface area contributed by atoms with Crippen LogP contribution in [0.2, 0.25) is 0 Å².